The summed E-state index contributed by atoms with van der Waals surface area (Å²) in [6.45, 7) is 1.67. The van der Waals surface area contributed by atoms with Crippen molar-refractivity contribution < 1.29 is 9.84 Å². The second-order valence-corrected chi connectivity index (χ2v) is 4.88. The fourth-order valence-corrected chi connectivity index (χ4v) is 1.56. The molecule has 5 heteroatoms. The van der Waals surface area contributed by atoms with Crippen molar-refractivity contribution in [1.82, 2.24) is 4.90 Å². The average Bonchev–Trinajstić information content (AvgIpc) is 2.27. The van der Waals surface area contributed by atoms with E-state index in [1.165, 1.54) is 0 Å². The van der Waals surface area contributed by atoms with E-state index in [-0.39, 0.29) is 6.61 Å². The lowest BCUT2D eigenvalue weighted by Gasteiger charge is -2.14. The van der Waals surface area contributed by atoms with Crippen LogP contribution in [0.5, 0.6) is 0 Å². The molecular formula is C12H17Cl2NO2. The summed E-state index contributed by atoms with van der Waals surface area (Å²) in [6, 6.07) is 5.07. The van der Waals surface area contributed by atoms with Gasteiger partial charge in [0.25, 0.3) is 0 Å². The van der Waals surface area contributed by atoms with Crippen LogP contribution in [0.3, 0.4) is 0 Å². The third-order valence-corrected chi connectivity index (χ3v) is 3.03. The second kappa shape index (κ2) is 7.19. The van der Waals surface area contributed by atoms with Crippen LogP contribution < -0.4 is 0 Å². The average molecular weight is 278 g/mol. The van der Waals surface area contributed by atoms with Crippen LogP contribution in [-0.4, -0.2) is 43.9 Å². The molecule has 0 saturated heterocycles. The maximum atomic E-state index is 9.86. The Morgan fingerprint density at radius 1 is 1.29 bits per heavy atom. The van der Waals surface area contributed by atoms with Gasteiger partial charge in [-0.25, -0.2) is 0 Å². The molecule has 1 rings (SSSR count). The lowest BCUT2D eigenvalue weighted by atomic mass is 10.1. The number of benzene rings is 1. The number of rotatable bonds is 6. The molecule has 1 atom stereocenters. The Kier molecular flexibility index (Phi) is 6.23. The van der Waals surface area contributed by atoms with Gasteiger partial charge in [-0.1, -0.05) is 29.3 Å². The topological polar surface area (TPSA) is 32.7 Å². The Labute approximate surface area is 112 Å². The van der Waals surface area contributed by atoms with Gasteiger partial charge in [-0.2, -0.15) is 0 Å². The van der Waals surface area contributed by atoms with E-state index in [0.29, 0.717) is 22.2 Å². The van der Waals surface area contributed by atoms with Gasteiger partial charge in [0.05, 0.1) is 23.3 Å². The molecule has 0 saturated carbocycles. The molecular weight excluding hydrogens is 261 g/mol. The first kappa shape index (κ1) is 14.7. The first-order valence-electron chi connectivity index (χ1n) is 5.36. The van der Waals surface area contributed by atoms with Crippen molar-refractivity contribution in [2.24, 2.45) is 0 Å². The maximum absolute atomic E-state index is 9.86. The Morgan fingerprint density at radius 2 is 2.00 bits per heavy atom. The summed E-state index contributed by atoms with van der Waals surface area (Å²) >= 11 is 11.7. The summed E-state index contributed by atoms with van der Waals surface area (Å²) in [7, 11) is 3.94. The van der Waals surface area contributed by atoms with Crippen molar-refractivity contribution in [2.45, 2.75) is 6.10 Å². The highest BCUT2D eigenvalue weighted by Gasteiger charge is 2.09. The van der Waals surface area contributed by atoms with Crippen molar-refractivity contribution in [3.8, 4) is 0 Å². The van der Waals surface area contributed by atoms with Crippen molar-refractivity contribution in [3.05, 3.63) is 33.8 Å². The van der Waals surface area contributed by atoms with Crippen LogP contribution in [0.2, 0.25) is 10.0 Å². The molecule has 0 fully saturated rings. The van der Waals surface area contributed by atoms with E-state index in [0.717, 1.165) is 6.54 Å². The minimum Gasteiger partial charge on any atom is -0.386 e. The predicted molar refractivity (Wildman–Crippen MR) is 70.8 cm³/mol. The zero-order chi connectivity index (χ0) is 12.8. The molecule has 0 radical (unpaired) electrons. The van der Waals surface area contributed by atoms with E-state index in [4.69, 9.17) is 27.9 Å². The van der Waals surface area contributed by atoms with Gasteiger partial charge in [0.15, 0.2) is 0 Å². The summed E-state index contributed by atoms with van der Waals surface area (Å²) in [6.07, 6.45) is -0.674. The summed E-state index contributed by atoms with van der Waals surface area (Å²) < 4.78 is 5.36. The summed E-state index contributed by atoms with van der Waals surface area (Å²) in [4.78, 5) is 2.02. The normalized spacial score (nSPS) is 13.1. The van der Waals surface area contributed by atoms with Crippen molar-refractivity contribution >= 4 is 23.2 Å². The van der Waals surface area contributed by atoms with Gasteiger partial charge in [-0.15, -0.1) is 0 Å². The number of aliphatic hydroxyl groups excluding tert-OH is 1. The van der Waals surface area contributed by atoms with Gasteiger partial charge >= 0.3 is 0 Å². The molecule has 1 aromatic rings. The van der Waals surface area contributed by atoms with Gasteiger partial charge in [-0.05, 0) is 31.8 Å². The highest BCUT2D eigenvalue weighted by Crippen LogP contribution is 2.25. The van der Waals surface area contributed by atoms with E-state index in [2.05, 4.69) is 0 Å². The third-order valence-electron chi connectivity index (χ3n) is 2.29. The van der Waals surface area contributed by atoms with Gasteiger partial charge in [-0.3, -0.25) is 0 Å². The molecule has 17 heavy (non-hydrogen) atoms. The molecule has 0 aliphatic rings. The lowest BCUT2D eigenvalue weighted by Crippen LogP contribution is -2.19. The standard InChI is InChI=1S/C12H17Cl2NO2/c1-15(2)5-6-17-8-12(16)9-3-4-10(13)11(14)7-9/h3-4,7,12,16H,5-6,8H2,1-2H3. The fourth-order valence-electron chi connectivity index (χ4n) is 1.26. The van der Waals surface area contributed by atoms with Gasteiger partial charge in [0.1, 0.15) is 6.10 Å². The van der Waals surface area contributed by atoms with Crippen LogP contribution in [0.25, 0.3) is 0 Å². The third kappa shape index (κ3) is 5.23. The van der Waals surface area contributed by atoms with Gasteiger partial charge in [0.2, 0.25) is 0 Å². The molecule has 96 valence electrons. The monoisotopic (exact) mass is 277 g/mol. The molecule has 0 amide bonds. The zero-order valence-corrected chi connectivity index (χ0v) is 11.5. The van der Waals surface area contributed by atoms with Crippen LogP contribution >= 0.6 is 23.2 Å². The van der Waals surface area contributed by atoms with E-state index in [9.17, 15) is 5.11 Å². The summed E-state index contributed by atoms with van der Waals surface area (Å²) in [5.41, 5.74) is 0.712. The number of halogens is 2. The van der Waals surface area contributed by atoms with Crippen LogP contribution in [0.15, 0.2) is 18.2 Å². The first-order valence-corrected chi connectivity index (χ1v) is 6.12. The first-order chi connectivity index (χ1) is 8.00. The molecule has 3 nitrogen and oxygen atoms in total. The molecule has 1 unspecified atom stereocenters. The largest absolute Gasteiger partial charge is 0.386 e. The Morgan fingerprint density at radius 3 is 2.59 bits per heavy atom. The molecule has 0 heterocycles. The Bertz CT molecular complexity index is 358. The van der Waals surface area contributed by atoms with Crippen LogP contribution in [0.4, 0.5) is 0 Å². The number of hydrogen-bond donors (Lipinski definition) is 1. The number of nitrogens with zero attached hydrogens (tertiary/aromatic N) is 1. The van der Waals surface area contributed by atoms with Crippen LogP contribution in [0.1, 0.15) is 11.7 Å². The molecule has 0 bridgehead atoms. The predicted octanol–water partition coefficient (Wildman–Crippen LogP) is 2.61. The summed E-state index contributed by atoms with van der Waals surface area (Å²) in [5.74, 6) is 0. The van der Waals surface area contributed by atoms with Crippen LogP contribution in [0, 0.1) is 0 Å². The molecule has 0 spiro atoms. The summed E-state index contributed by atoms with van der Waals surface area (Å²) in [5, 5.41) is 10.8. The molecule has 1 N–H and O–H groups in total. The number of likely N-dealkylation sites (N-methyl/N-ethyl adjacent to an activating group) is 1. The minimum atomic E-state index is -0.674. The quantitative estimate of drug-likeness (QED) is 0.812. The van der Waals surface area contributed by atoms with E-state index in [1.807, 2.05) is 19.0 Å². The van der Waals surface area contributed by atoms with Crippen LogP contribution in [-0.2, 0) is 4.74 Å². The van der Waals surface area contributed by atoms with E-state index < -0.39 is 6.10 Å². The van der Waals surface area contributed by atoms with Gasteiger partial charge in [0, 0.05) is 6.54 Å². The second-order valence-electron chi connectivity index (χ2n) is 4.07. The van der Waals surface area contributed by atoms with E-state index >= 15 is 0 Å². The maximum Gasteiger partial charge on any atom is 0.102 e. The molecule has 1 aromatic carbocycles. The zero-order valence-electron chi connectivity index (χ0n) is 9.99. The Balaban J connectivity index is 2.41. The number of hydrogen-bond acceptors (Lipinski definition) is 3. The van der Waals surface area contributed by atoms with Crippen molar-refractivity contribution in [3.63, 3.8) is 0 Å². The van der Waals surface area contributed by atoms with Crippen molar-refractivity contribution in [2.75, 3.05) is 33.9 Å². The van der Waals surface area contributed by atoms with E-state index in [1.54, 1.807) is 18.2 Å². The molecule has 0 aliphatic heterocycles. The molecule has 0 aromatic heterocycles. The molecule has 0 aliphatic carbocycles. The highest BCUT2D eigenvalue weighted by atomic mass is 35.5. The number of aliphatic hydroxyl groups is 1. The number of ether oxygens (including phenoxy) is 1. The Hall–Kier alpha value is -0.320. The minimum absolute atomic E-state index is 0.256. The van der Waals surface area contributed by atoms with Gasteiger partial charge < -0.3 is 14.7 Å². The highest BCUT2D eigenvalue weighted by molar-refractivity contribution is 6.42. The van der Waals surface area contributed by atoms with Crippen molar-refractivity contribution in [1.29, 1.82) is 0 Å². The lowest BCUT2D eigenvalue weighted by molar-refractivity contribution is 0.0306. The fraction of sp³-hybridized carbons (Fsp3) is 0.500. The smallest absolute Gasteiger partial charge is 0.102 e. The SMILES string of the molecule is CN(C)CCOCC(O)c1ccc(Cl)c(Cl)c1.